The monoisotopic (exact) mass is 503 g/mol. The van der Waals surface area contributed by atoms with Gasteiger partial charge < -0.3 is 24.6 Å². The van der Waals surface area contributed by atoms with E-state index in [0.717, 1.165) is 23.3 Å². The molecule has 0 saturated carbocycles. The molecule has 0 spiro atoms. The smallest absolute Gasteiger partial charge is 0.496 e. The van der Waals surface area contributed by atoms with Crippen LogP contribution in [0.4, 0.5) is 18.0 Å². The Morgan fingerprint density at radius 3 is 2.33 bits per heavy atom. The number of alkyl halides is 3. The molecule has 190 valence electrons. The normalized spacial score (nSPS) is 11.9. The maximum absolute atomic E-state index is 12.2. The predicted octanol–water partition coefficient (Wildman–Crippen LogP) is 5.88. The Kier molecular flexibility index (Phi) is 8.42. The second kappa shape index (κ2) is 11.5. The fourth-order valence-electron chi connectivity index (χ4n) is 3.38. The molecular weight excluding hydrogens is 479 g/mol. The van der Waals surface area contributed by atoms with Crippen LogP contribution in [0.3, 0.4) is 0 Å². The Balaban J connectivity index is 1.63. The van der Waals surface area contributed by atoms with Gasteiger partial charge in [-0.1, -0.05) is 42.5 Å². The van der Waals surface area contributed by atoms with Crippen molar-refractivity contribution < 1.29 is 42.1 Å². The van der Waals surface area contributed by atoms with Crippen LogP contribution in [0.5, 0.6) is 11.5 Å². The number of methoxy groups -OCH3 is 1. The first-order chi connectivity index (χ1) is 17.1. The summed E-state index contributed by atoms with van der Waals surface area (Å²) in [6, 6.07) is 17.6. The Hall–Kier alpha value is -4.21. The van der Waals surface area contributed by atoms with Gasteiger partial charge in [-0.05, 0) is 53.4 Å². The number of benzene rings is 3. The molecule has 7 nitrogen and oxygen atoms in total. The summed E-state index contributed by atoms with van der Waals surface area (Å²) in [4.78, 5) is 23.5. The SMILES string of the molecule is COc1ccc(-c2cccc(C(C)C(=O)O)c2)cc1CNC(=O)OCc1ccc(OC(F)(F)F)cc1. The van der Waals surface area contributed by atoms with Crippen molar-refractivity contribution in [3.8, 4) is 22.6 Å². The number of amides is 1. The van der Waals surface area contributed by atoms with Crippen LogP contribution in [0.1, 0.15) is 29.5 Å². The van der Waals surface area contributed by atoms with Crippen LogP contribution in [0.25, 0.3) is 11.1 Å². The summed E-state index contributed by atoms with van der Waals surface area (Å²) in [5.41, 5.74) is 3.43. The largest absolute Gasteiger partial charge is 0.573 e. The lowest BCUT2D eigenvalue weighted by atomic mass is 9.95. The van der Waals surface area contributed by atoms with Gasteiger partial charge in [-0.25, -0.2) is 4.79 Å². The van der Waals surface area contributed by atoms with Gasteiger partial charge in [0, 0.05) is 12.1 Å². The first-order valence-electron chi connectivity index (χ1n) is 10.8. The summed E-state index contributed by atoms with van der Waals surface area (Å²) < 4.78 is 51.0. The van der Waals surface area contributed by atoms with E-state index in [9.17, 15) is 27.9 Å². The number of carboxylic acid groups (broad SMARTS) is 1. The van der Waals surface area contributed by atoms with Gasteiger partial charge in [-0.2, -0.15) is 0 Å². The van der Waals surface area contributed by atoms with Gasteiger partial charge >= 0.3 is 18.4 Å². The van der Waals surface area contributed by atoms with Crippen LogP contribution >= 0.6 is 0 Å². The predicted molar refractivity (Wildman–Crippen MR) is 125 cm³/mol. The number of alkyl carbamates (subject to hydrolysis) is 1. The summed E-state index contributed by atoms with van der Waals surface area (Å²) >= 11 is 0. The van der Waals surface area contributed by atoms with Gasteiger partial charge in [0.15, 0.2) is 0 Å². The van der Waals surface area contributed by atoms with Gasteiger partial charge in [0.1, 0.15) is 18.1 Å². The number of nitrogens with one attached hydrogen (secondary N) is 1. The number of carbonyl (C=O) groups excluding carboxylic acids is 1. The van der Waals surface area contributed by atoms with Crippen molar-refractivity contribution in [2.75, 3.05) is 7.11 Å². The number of hydrogen-bond donors (Lipinski definition) is 2. The molecule has 3 rings (SSSR count). The number of halogens is 3. The van der Waals surface area contributed by atoms with Crippen LogP contribution in [0, 0.1) is 0 Å². The molecule has 1 atom stereocenters. The van der Waals surface area contributed by atoms with E-state index in [1.807, 2.05) is 18.2 Å². The van der Waals surface area contributed by atoms with Crippen molar-refractivity contribution in [2.24, 2.45) is 0 Å². The van der Waals surface area contributed by atoms with Crippen LogP contribution in [0.2, 0.25) is 0 Å². The minimum Gasteiger partial charge on any atom is -0.496 e. The molecule has 0 saturated heterocycles. The lowest BCUT2D eigenvalue weighted by Crippen LogP contribution is -2.24. The molecule has 1 unspecified atom stereocenters. The van der Waals surface area contributed by atoms with Gasteiger partial charge in [0.05, 0.1) is 13.0 Å². The van der Waals surface area contributed by atoms with Crippen molar-refractivity contribution in [3.05, 3.63) is 83.4 Å². The average Bonchev–Trinajstić information content (AvgIpc) is 2.85. The zero-order valence-corrected chi connectivity index (χ0v) is 19.5. The topological polar surface area (TPSA) is 94.1 Å². The van der Waals surface area contributed by atoms with Gasteiger partial charge in [-0.3, -0.25) is 4.79 Å². The number of hydrogen-bond acceptors (Lipinski definition) is 5. The molecule has 0 aliphatic carbocycles. The van der Waals surface area contributed by atoms with E-state index in [-0.39, 0.29) is 18.9 Å². The summed E-state index contributed by atoms with van der Waals surface area (Å²) in [5, 5.41) is 11.9. The molecule has 1 amide bonds. The van der Waals surface area contributed by atoms with Crippen molar-refractivity contribution in [1.82, 2.24) is 5.32 Å². The number of rotatable bonds is 9. The summed E-state index contributed by atoms with van der Waals surface area (Å²) in [6.45, 7) is 1.55. The van der Waals surface area contributed by atoms with Crippen LogP contribution in [-0.4, -0.2) is 30.6 Å². The van der Waals surface area contributed by atoms with E-state index in [4.69, 9.17) is 9.47 Å². The summed E-state index contributed by atoms with van der Waals surface area (Å²) in [5.74, 6) is -1.41. The highest BCUT2D eigenvalue weighted by atomic mass is 19.4. The summed E-state index contributed by atoms with van der Waals surface area (Å²) in [7, 11) is 1.50. The van der Waals surface area contributed by atoms with Crippen LogP contribution < -0.4 is 14.8 Å². The third kappa shape index (κ3) is 7.39. The second-order valence-corrected chi connectivity index (χ2v) is 7.83. The first kappa shape index (κ1) is 26.4. The van der Waals surface area contributed by atoms with E-state index in [0.29, 0.717) is 22.4 Å². The minimum atomic E-state index is -4.78. The summed E-state index contributed by atoms with van der Waals surface area (Å²) in [6.07, 6.45) is -5.51. The van der Waals surface area contributed by atoms with Gasteiger partial charge in [0.25, 0.3) is 0 Å². The van der Waals surface area contributed by atoms with Crippen molar-refractivity contribution in [3.63, 3.8) is 0 Å². The highest BCUT2D eigenvalue weighted by Gasteiger charge is 2.31. The standard InChI is InChI=1S/C26H24F3NO6/c1-16(24(31)32)18-4-3-5-19(12-18)20-8-11-23(34-2)21(13-20)14-30-25(33)35-15-17-6-9-22(10-7-17)36-26(27,28)29/h3-13,16H,14-15H2,1-2H3,(H,30,33)(H,31,32). The maximum atomic E-state index is 12.2. The maximum Gasteiger partial charge on any atom is 0.573 e. The molecule has 3 aromatic rings. The lowest BCUT2D eigenvalue weighted by Gasteiger charge is -2.14. The molecule has 0 bridgehead atoms. The highest BCUT2D eigenvalue weighted by Crippen LogP contribution is 2.29. The molecule has 0 aromatic heterocycles. The Morgan fingerprint density at radius 1 is 1.00 bits per heavy atom. The zero-order chi connectivity index (χ0) is 26.3. The number of ether oxygens (including phenoxy) is 3. The Morgan fingerprint density at radius 2 is 1.69 bits per heavy atom. The van der Waals surface area contributed by atoms with E-state index < -0.39 is 24.3 Å². The van der Waals surface area contributed by atoms with Crippen molar-refractivity contribution >= 4 is 12.1 Å². The molecule has 36 heavy (non-hydrogen) atoms. The van der Waals surface area contributed by atoms with Crippen LogP contribution in [0.15, 0.2) is 66.7 Å². The van der Waals surface area contributed by atoms with E-state index in [1.54, 1.807) is 31.2 Å². The third-order valence-corrected chi connectivity index (χ3v) is 5.32. The third-order valence-electron chi connectivity index (χ3n) is 5.32. The van der Waals surface area contributed by atoms with Crippen molar-refractivity contribution in [1.29, 1.82) is 0 Å². The first-order valence-corrected chi connectivity index (χ1v) is 10.8. The van der Waals surface area contributed by atoms with Crippen molar-refractivity contribution in [2.45, 2.75) is 32.4 Å². The van der Waals surface area contributed by atoms with E-state index >= 15 is 0 Å². The molecule has 0 fully saturated rings. The molecule has 0 aliphatic heterocycles. The highest BCUT2D eigenvalue weighted by molar-refractivity contribution is 5.77. The number of carboxylic acids is 1. The van der Waals surface area contributed by atoms with Crippen LogP contribution in [-0.2, 0) is 22.7 Å². The molecule has 0 radical (unpaired) electrons. The fourth-order valence-corrected chi connectivity index (χ4v) is 3.38. The number of carbonyl (C=O) groups is 2. The molecule has 3 aromatic carbocycles. The fraction of sp³-hybridized carbons (Fsp3) is 0.231. The molecule has 0 heterocycles. The average molecular weight is 503 g/mol. The quantitative estimate of drug-likeness (QED) is 0.379. The number of aliphatic carboxylic acids is 1. The Labute approximate surface area is 205 Å². The van der Waals surface area contributed by atoms with Gasteiger partial charge in [-0.15, -0.1) is 13.2 Å². The Bertz CT molecular complexity index is 1210. The van der Waals surface area contributed by atoms with E-state index in [2.05, 4.69) is 10.1 Å². The molecule has 0 aliphatic rings. The zero-order valence-electron chi connectivity index (χ0n) is 19.5. The molecule has 10 heteroatoms. The minimum absolute atomic E-state index is 0.0828. The van der Waals surface area contributed by atoms with Gasteiger partial charge in [0.2, 0.25) is 0 Å². The molecular formula is C26H24F3NO6. The van der Waals surface area contributed by atoms with E-state index in [1.165, 1.54) is 19.2 Å². The second-order valence-electron chi connectivity index (χ2n) is 7.83. The molecule has 2 N–H and O–H groups in total. The lowest BCUT2D eigenvalue weighted by molar-refractivity contribution is -0.274.